The molecule has 0 unspecified atom stereocenters. The Kier molecular flexibility index (Phi) is 2.22. The van der Waals surface area contributed by atoms with Crippen LogP contribution in [0.25, 0.3) is 11.3 Å². The van der Waals surface area contributed by atoms with E-state index in [0.29, 0.717) is 29.0 Å². The van der Waals surface area contributed by atoms with Gasteiger partial charge in [-0.2, -0.15) is 0 Å². The van der Waals surface area contributed by atoms with Gasteiger partial charge in [0.25, 0.3) is 0 Å². The minimum Gasteiger partial charge on any atom is -0.383 e. The van der Waals surface area contributed by atoms with E-state index in [4.69, 9.17) is 5.73 Å². The van der Waals surface area contributed by atoms with Gasteiger partial charge in [-0.05, 0) is 37.8 Å². The number of nitrogen functional groups attached to an aromatic ring is 1. The van der Waals surface area contributed by atoms with Crippen LogP contribution in [0.1, 0.15) is 43.5 Å². The summed E-state index contributed by atoms with van der Waals surface area (Å²) in [7, 11) is 0. The summed E-state index contributed by atoms with van der Waals surface area (Å²) in [6.07, 6.45) is 4.69. The average molecular weight is 257 g/mol. The molecule has 2 aliphatic carbocycles. The van der Waals surface area contributed by atoms with E-state index in [-0.39, 0.29) is 5.82 Å². The number of rotatable bonds is 3. The van der Waals surface area contributed by atoms with Gasteiger partial charge in [0.2, 0.25) is 0 Å². The Morgan fingerprint density at radius 3 is 2.53 bits per heavy atom. The molecule has 0 saturated heterocycles. The lowest BCUT2D eigenvalue weighted by molar-refractivity contribution is 0.631. The van der Waals surface area contributed by atoms with Gasteiger partial charge in [0.05, 0.1) is 0 Å². The molecule has 0 amide bonds. The van der Waals surface area contributed by atoms with Gasteiger partial charge in [0, 0.05) is 17.5 Å². The number of hydrogen-bond donors (Lipinski definition) is 1. The van der Waals surface area contributed by atoms with Crippen LogP contribution in [-0.2, 0) is 0 Å². The molecule has 0 radical (unpaired) electrons. The highest BCUT2D eigenvalue weighted by molar-refractivity contribution is 5.72. The normalized spacial score (nSPS) is 18.8. The Morgan fingerprint density at radius 2 is 1.89 bits per heavy atom. The lowest BCUT2D eigenvalue weighted by Crippen LogP contribution is -2.04. The Labute approximate surface area is 111 Å². The monoisotopic (exact) mass is 257 g/mol. The van der Waals surface area contributed by atoms with E-state index < -0.39 is 0 Å². The van der Waals surface area contributed by atoms with E-state index in [1.54, 1.807) is 12.1 Å². The third-order valence-corrected chi connectivity index (χ3v) is 3.96. The van der Waals surface area contributed by atoms with Gasteiger partial charge in [-0.3, -0.25) is 0 Å². The predicted octanol–water partition coefficient (Wildman–Crippen LogP) is 3.48. The molecule has 0 atom stereocenters. The molecule has 2 aromatic rings. The quantitative estimate of drug-likeness (QED) is 0.914. The Hall–Kier alpha value is -1.84. The minimum atomic E-state index is -0.253. The van der Waals surface area contributed by atoms with Gasteiger partial charge >= 0.3 is 0 Å². The van der Waals surface area contributed by atoms with Crippen LogP contribution >= 0.6 is 0 Å². The zero-order valence-electron chi connectivity index (χ0n) is 10.6. The number of aromatic nitrogens is 2. The van der Waals surface area contributed by atoms with Crippen molar-refractivity contribution in [3.63, 3.8) is 0 Å². The summed E-state index contributed by atoms with van der Waals surface area (Å²) in [5.41, 5.74) is 7.38. The molecule has 19 heavy (non-hydrogen) atoms. The molecule has 2 aliphatic rings. The van der Waals surface area contributed by atoms with Crippen LogP contribution in [0.15, 0.2) is 24.3 Å². The number of imidazole rings is 1. The fourth-order valence-electron chi connectivity index (χ4n) is 2.66. The van der Waals surface area contributed by atoms with Gasteiger partial charge in [0.1, 0.15) is 23.2 Å². The summed E-state index contributed by atoms with van der Waals surface area (Å²) in [6.45, 7) is 0. The molecule has 2 N–H and O–H groups in total. The third-order valence-electron chi connectivity index (χ3n) is 3.96. The van der Waals surface area contributed by atoms with E-state index in [1.807, 2.05) is 6.07 Å². The molecule has 0 bridgehead atoms. The SMILES string of the molecule is Nc1c(-c2ccccc2F)nc(C2CC2)n1C1CC1. The van der Waals surface area contributed by atoms with Gasteiger partial charge in [-0.1, -0.05) is 12.1 Å². The van der Waals surface area contributed by atoms with Crippen LogP contribution in [0.5, 0.6) is 0 Å². The number of nitrogens with two attached hydrogens (primary N) is 1. The summed E-state index contributed by atoms with van der Waals surface area (Å²) in [5.74, 6) is 1.98. The second-order valence-corrected chi connectivity index (χ2v) is 5.56. The summed E-state index contributed by atoms with van der Waals surface area (Å²) in [5, 5.41) is 0. The highest BCUT2D eigenvalue weighted by Crippen LogP contribution is 2.48. The second kappa shape index (κ2) is 3.83. The molecule has 4 rings (SSSR count). The highest BCUT2D eigenvalue weighted by atomic mass is 19.1. The summed E-state index contributed by atoms with van der Waals surface area (Å²) >= 11 is 0. The van der Waals surface area contributed by atoms with Crippen LogP contribution in [0.4, 0.5) is 10.2 Å². The predicted molar refractivity (Wildman–Crippen MR) is 72.3 cm³/mol. The van der Waals surface area contributed by atoms with Crippen molar-refractivity contribution >= 4 is 5.82 Å². The number of anilines is 1. The maximum atomic E-state index is 13.9. The van der Waals surface area contributed by atoms with Crippen LogP contribution < -0.4 is 5.73 Å². The Bertz CT molecular complexity index is 639. The molecule has 0 spiro atoms. The van der Waals surface area contributed by atoms with Crippen LogP contribution in [-0.4, -0.2) is 9.55 Å². The maximum Gasteiger partial charge on any atom is 0.132 e. The van der Waals surface area contributed by atoms with E-state index in [1.165, 1.54) is 18.9 Å². The molecule has 98 valence electrons. The largest absolute Gasteiger partial charge is 0.383 e. The smallest absolute Gasteiger partial charge is 0.132 e. The first kappa shape index (κ1) is 11.0. The molecule has 2 saturated carbocycles. The fraction of sp³-hybridized carbons (Fsp3) is 0.400. The Balaban J connectivity index is 1.89. The molecule has 2 fully saturated rings. The molecule has 3 nitrogen and oxygen atoms in total. The topological polar surface area (TPSA) is 43.8 Å². The number of hydrogen-bond acceptors (Lipinski definition) is 2. The van der Waals surface area contributed by atoms with Crippen molar-refractivity contribution in [2.45, 2.75) is 37.6 Å². The van der Waals surface area contributed by atoms with Crippen molar-refractivity contribution in [3.05, 3.63) is 35.9 Å². The first-order valence-corrected chi connectivity index (χ1v) is 6.88. The van der Waals surface area contributed by atoms with Crippen LogP contribution in [0.3, 0.4) is 0 Å². The van der Waals surface area contributed by atoms with Gasteiger partial charge in [-0.25, -0.2) is 9.37 Å². The number of halogens is 1. The van der Waals surface area contributed by atoms with Crippen molar-refractivity contribution in [2.24, 2.45) is 0 Å². The maximum absolute atomic E-state index is 13.9. The fourth-order valence-corrected chi connectivity index (χ4v) is 2.66. The lowest BCUT2D eigenvalue weighted by atomic mass is 10.1. The van der Waals surface area contributed by atoms with E-state index in [0.717, 1.165) is 18.7 Å². The van der Waals surface area contributed by atoms with Crippen molar-refractivity contribution in [2.75, 3.05) is 5.73 Å². The minimum absolute atomic E-state index is 0.253. The summed E-state index contributed by atoms with van der Waals surface area (Å²) in [4.78, 5) is 4.66. The molecule has 1 aromatic heterocycles. The van der Waals surface area contributed by atoms with Crippen molar-refractivity contribution in [3.8, 4) is 11.3 Å². The molecule has 1 aromatic carbocycles. The standard InChI is InChI=1S/C15H16FN3/c16-12-4-2-1-3-11(12)13-14(17)19(10-7-8-10)15(18-13)9-5-6-9/h1-4,9-10H,5-8,17H2. The number of benzene rings is 1. The lowest BCUT2D eigenvalue weighted by Gasteiger charge is -2.07. The summed E-state index contributed by atoms with van der Waals surface area (Å²) < 4.78 is 16.1. The zero-order valence-corrected chi connectivity index (χ0v) is 10.6. The van der Waals surface area contributed by atoms with E-state index in [2.05, 4.69) is 9.55 Å². The van der Waals surface area contributed by atoms with E-state index in [9.17, 15) is 4.39 Å². The van der Waals surface area contributed by atoms with Crippen molar-refractivity contribution in [1.29, 1.82) is 0 Å². The van der Waals surface area contributed by atoms with Crippen molar-refractivity contribution < 1.29 is 4.39 Å². The molecule has 0 aliphatic heterocycles. The highest BCUT2D eigenvalue weighted by Gasteiger charge is 2.36. The van der Waals surface area contributed by atoms with Gasteiger partial charge < -0.3 is 10.3 Å². The van der Waals surface area contributed by atoms with Crippen molar-refractivity contribution in [1.82, 2.24) is 9.55 Å². The first-order valence-electron chi connectivity index (χ1n) is 6.88. The molecule has 1 heterocycles. The van der Waals surface area contributed by atoms with E-state index >= 15 is 0 Å². The molecular formula is C15H16FN3. The molecule has 4 heteroatoms. The third kappa shape index (κ3) is 1.74. The van der Waals surface area contributed by atoms with Gasteiger partial charge in [0.15, 0.2) is 0 Å². The average Bonchev–Trinajstić information content (AvgIpc) is 3.29. The van der Waals surface area contributed by atoms with Crippen LogP contribution in [0, 0.1) is 5.82 Å². The number of nitrogens with zero attached hydrogens (tertiary/aromatic N) is 2. The zero-order chi connectivity index (χ0) is 13.0. The molecular weight excluding hydrogens is 241 g/mol. The second-order valence-electron chi connectivity index (χ2n) is 5.56. The Morgan fingerprint density at radius 1 is 1.16 bits per heavy atom. The van der Waals surface area contributed by atoms with Gasteiger partial charge in [-0.15, -0.1) is 0 Å². The summed E-state index contributed by atoms with van der Waals surface area (Å²) in [6, 6.07) is 7.21. The first-order chi connectivity index (χ1) is 9.25. The van der Waals surface area contributed by atoms with Crippen LogP contribution in [0.2, 0.25) is 0 Å².